The minimum atomic E-state index is 0.490. The summed E-state index contributed by atoms with van der Waals surface area (Å²) < 4.78 is 8.03. The van der Waals surface area contributed by atoms with Crippen LogP contribution in [0.5, 0.6) is 0 Å². The maximum absolute atomic E-state index is 5.87. The molecule has 1 atom stereocenters. The molecule has 2 heterocycles. The molecule has 0 amide bonds. The average Bonchev–Trinajstić information content (AvgIpc) is 2.83. The smallest absolute Gasteiger partial charge is 0.186 e. The Balaban J connectivity index is 1.78. The average molecular weight is 261 g/mol. The molecule has 1 saturated heterocycles. The molecule has 0 spiro atoms. The van der Waals surface area contributed by atoms with E-state index in [0.717, 1.165) is 24.1 Å². The first-order valence-corrected chi connectivity index (χ1v) is 6.73. The van der Waals surface area contributed by atoms with Crippen LogP contribution in [0.25, 0.3) is 0 Å². The molecule has 1 N–H and O–H groups in total. The molecule has 0 aliphatic carbocycles. The molecule has 90 valence electrons. The molecule has 1 aromatic heterocycles. The number of rotatable bonds is 4. The SMILES string of the molecule is CC(C)N1CCC(CNc2nsnc2Cl)C1. The van der Waals surface area contributed by atoms with Gasteiger partial charge in [0.05, 0.1) is 11.7 Å². The van der Waals surface area contributed by atoms with E-state index >= 15 is 0 Å². The third-order valence-corrected chi connectivity index (χ3v) is 3.95. The van der Waals surface area contributed by atoms with Crippen molar-refractivity contribution in [3.63, 3.8) is 0 Å². The second-order valence-electron chi connectivity index (χ2n) is 4.53. The van der Waals surface area contributed by atoms with Crippen LogP contribution in [0.1, 0.15) is 20.3 Å². The monoisotopic (exact) mass is 260 g/mol. The standard InChI is InChI=1S/C10H17ClN4S/c1-7(2)15-4-3-8(6-15)5-12-10-9(11)13-16-14-10/h7-8H,3-6H2,1-2H3,(H,12,14). The zero-order valence-corrected chi connectivity index (χ0v) is 11.2. The van der Waals surface area contributed by atoms with Gasteiger partial charge >= 0.3 is 0 Å². The van der Waals surface area contributed by atoms with Gasteiger partial charge in [-0.05, 0) is 32.7 Å². The van der Waals surface area contributed by atoms with Crippen molar-refractivity contribution in [1.82, 2.24) is 13.6 Å². The summed E-state index contributed by atoms with van der Waals surface area (Å²) in [4.78, 5) is 2.51. The lowest BCUT2D eigenvalue weighted by atomic mass is 10.1. The Morgan fingerprint density at radius 2 is 2.38 bits per heavy atom. The maximum Gasteiger partial charge on any atom is 0.186 e. The van der Waals surface area contributed by atoms with E-state index in [0.29, 0.717) is 17.1 Å². The normalized spacial score (nSPS) is 21.9. The van der Waals surface area contributed by atoms with Gasteiger partial charge in [0.1, 0.15) is 0 Å². The van der Waals surface area contributed by atoms with Crippen LogP contribution in [-0.4, -0.2) is 39.3 Å². The Bertz CT molecular complexity index is 341. The molecule has 1 aliphatic heterocycles. The van der Waals surface area contributed by atoms with Gasteiger partial charge in [-0.3, -0.25) is 0 Å². The van der Waals surface area contributed by atoms with Crippen molar-refractivity contribution < 1.29 is 0 Å². The zero-order chi connectivity index (χ0) is 11.5. The lowest BCUT2D eigenvalue weighted by Gasteiger charge is -2.20. The molecule has 1 fully saturated rings. The first-order chi connectivity index (χ1) is 7.66. The van der Waals surface area contributed by atoms with E-state index in [1.165, 1.54) is 19.5 Å². The van der Waals surface area contributed by atoms with Crippen LogP contribution < -0.4 is 5.32 Å². The van der Waals surface area contributed by atoms with Crippen LogP contribution >= 0.6 is 23.3 Å². The number of likely N-dealkylation sites (tertiary alicyclic amines) is 1. The van der Waals surface area contributed by atoms with Crippen molar-refractivity contribution in [2.24, 2.45) is 5.92 Å². The minimum Gasteiger partial charge on any atom is -0.366 e. The van der Waals surface area contributed by atoms with E-state index in [4.69, 9.17) is 11.6 Å². The number of nitrogens with one attached hydrogen (secondary N) is 1. The van der Waals surface area contributed by atoms with Gasteiger partial charge in [0.25, 0.3) is 0 Å². The summed E-state index contributed by atoms with van der Waals surface area (Å²) in [6.45, 7) is 7.80. The highest BCUT2D eigenvalue weighted by Gasteiger charge is 2.24. The molecule has 0 bridgehead atoms. The van der Waals surface area contributed by atoms with Crippen LogP contribution in [0.15, 0.2) is 0 Å². The Labute approximate surface area is 105 Å². The molecule has 6 heteroatoms. The van der Waals surface area contributed by atoms with Gasteiger partial charge < -0.3 is 10.2 Å². The fourth-order valence-corrected chi connectivity index (χ4v) is 2.71. The van der Waals surface area contributed by atoms with Crippen LogP contribution in [0, 0.1) is 5.92 Å². The van der Waals surface area contributed by atoms with Crippen molar-refractivity contribution in [3.05, 3.63) is 5.15 Å². The zero-order valence-electron chi connectivity index (χ0n) is 9.61. The first kappa shape index (κ1) is 12.1. The van der Waals surface area contributed by atoms with Gasteiger partial charge in [-0.25, -0.2) is 0 Å². The number of aromatic nitrogens is 2. The molecule has 1 unspecified atom stereocenters. The summed E-state index contributed by atoms with van der Waals surface area (Å²) in [5.74, 6) is 1.43. The van der Waals surface area contributed by atoms with Gasteiger partial charge in [-0.15, -0.1) is 0 Å². The third kappa shape index (κ3) is 2.84. The molecule has 2 rings (SSSR count). The van der Waals surface area contributed by atoms with Crippen LogP contribution in [-0.2, 0) is 0 Å². The van der Waals surface area contributed by atoms with Crippen molar-refractivity contribution in [3.8, 4) is 0 Å². The minimum absolute atomic E-state index is 0.490. The second kappa shape index (κ2) is 5.29. The summed E-state index contributed by atoms with van der Waals surface area (Å²) in [6.07, 6.45) is 1.25. The number of anilines is 1. The molecule has 4 nitrogen and oxygen atoms in total. The number of hydrogen-bond acceptors (Lipinski definition) is 5. The Kier molecular flexibility index (Phi) is 4.00. The number of halogens is 1. The van der Waals surface area contributed by atoms with E-state index in [9.17, 15) is 0 Å². The van der Waals surface area contributed by atoms with E-state index in [1.807, 2.05) is 0 Å². The van der Waals surface area contributed by atoms with Gasteiger partial charge in [-0.2, -0.15) is 8.75 Å². The number of hydrogen-bond donors (Lipinski definition) is 1. The predicted molar refractivity (Wildman–Crippen MR) is 68.2 cm³/mol. The fraction of sp³-hybridized carbons (Fsp3) is 0.800. The van der Waals surface area contributed by atoms with Gasteiger partial charge in [-0.1, -0.05) is 11.6 Å². The lowest BCUT2D eigenvalue weighted by molar-refractivity contribution is 0.266. The van der Waals surface area contributed by atoms with Gasteiger partial charge in [0.15, 0.2) is 11.0 Å². The summed E-state index contributed by atoms with van der Waals surface area (Å²) in [5, 5.41) is 3.76. The summed E-state index contributed by atoms with van der Waals surface area (Å²) >= 11 is 7.02. The summed E-state index contributed by atoms with van der Waals surface area (Å²) in [7, 11) is 0. The Morgan fingerprint density at radius 1 is 1.56 bits per heavy atom. The topological polar surface area (TPSA) is 41.0 Å². The van der Waals surface area contributed by atoms with Crippen molar-refractivity contribution in [2.75, 3.05) is 25.0 Å². The van der Waals surface area contributed by atoms with E-state index < -0.39 is 0 Å². The van der Waals surface area contributed by atoms with Gasteiger partial charge in [0, 0.05) is 19.1 Å². The second-order valence-corrected chi connectivity index (χ2v) is 5.41. The number of nitrogens with zero attached hydrogens (tertiary/aromatic N) is 3. The predicted octanol–water partition coefficient (Wildman–Crippen LogP) is 2.33. The molecule has 0 aromatic carbocycles. The van der Waals surface area contributed by atoms with Crippen LogP contribution in [0.3, 0.4) is 0 Å². The molecule has 0 saturated carbocycles. The highest BCUT2D eigenvalue weighted by atomic mass is 35.5. The quantitative estimate of drug-likeness (QED) is 0.902. The van der Waals surface area contributed by atoms with E-state index in [-0.39, 0.29) is 0 Å². The van der Waals surface area contributed by atoms with Crippen LogP contribution in [0.2, 0.25) is 5.15 Å². The molecule has 1 aliphatic rings. The lowest BCUT2D eigenvalue weighted by Crippen LogP contribution is -2.29. The van der Waals surface area contributed by atoms with Crippen molar-refractivity contribution >= 4 is 29.1 Å². The van der Waals surface area contributed by atoms with Crippen molar-refractivity contribution in [2.45, 2.75) is 26.3 Å². The molecule has 16 heavy (non-hydrogen) atoms. The van der Waals surface area contributed by atoms with Crippen molar-refractivity contribution in [1.29, 1.82) is 0 Å². The molecule has 0 radical (unpaired) electrons. The summed E-state index contributed by atoms with van der Waals surface area (Å²) in [6, 6.07) is 0.648. The van der Waals surface area contributed by atoms with E-state index in [1.54, 1.807) is 0 Å². The first-order valence-electron chi connectivity index (χ1n) is 5.62. The molecular formula is C10H17ClN4S. The fourth-order valence-electron chi connectivity index (χ4n) is 2.02. The maximum atomic E-state index is 5.87. The third-order valence-electron chi connectivity index (χ3n) is 3.05. The highest BCUT2D eigenvalue weighted by Crippen LogP contribution is 2.21. The summed E-state index contributed by atoms with van der Waals surface area (Å²) in [5.41, 5.74) is 0. The van der Waals surface area contributed by atoms with Crippen LogP contribution in [0.4, 0.5) is 5.82 Å². The Morgan fingerprint density at radius 3 is 2.94 bits per heavy atom. The molecule has 1 aromatic rings. The highest BCUT2D eigenvalue weighted by molar-refractivity contribution is 6.99. The molecular weight excluding hydrogens is 244 g/mol. The van der Waals surface area contributed by atoms with E-state index in [2.05, 4.69) is 32.8 Å². The van der Waals surface area contributed by atoms with Gasteiger partial charge in [0.2, 0.25) is 0 Å². The Hall–Kier alpha value is -0.390. The largest absolute Gasteiger partial charge is 0.366 e.